The molecule has 19 heteroatoms. The zero-order valence-corrected chi connectivity index (χ0v) is 37.9. The van der Waals surface area contributed by atoms with Crippen LogP contribution in [0.3, 0.4) is 0 Å². The van der Waals surface area contributed by atoms with E-state index in [0.29, 0.717) is 12.7 Å². The van der Waals surface area contributed by atoms with E-state index in [4.69, 9.17) is 46.1 Å². The number of ketones is 1. The molecule has 3 fully saturated rings. The third kappa shape index (κ3) is 13.3. The minimum absolute atomic E-state index is 0. The zero-order chi connectivity index (χ0) is 44.2. The second-order valence-electron chi connectivity index (χ2n) is 17.5. The van der Waals surface area contributed by atoms with Gasteiger partial charge in [-0.2, -0.15) is 0 Å². The third-order valence-electron chi connectivity index (χ3n) is 12.4. The first-order valence-electron chi connectivity index (χ1n) is 19.9. The van der Waals surface area contributed by atoms with Crippen molar-refractivity contribution >= 4 is 21.9 Å². The number of rotatable bonds is 8. The number of nitrogens with one attached hydrogen (secondary N) is 1. The van der Waals surface area contributed by atoms with Crippen LogP contribution in [0.1, 0.15) is 94.9 Å². The SMILES string of the molecule is CC[C@H]1OC(=O)[C@H](C)[C@@H](O[C@H]2C[C@@](C)(OC)[C@@H](O)[C@H](C)O2)[C@H](C)[C@@H](O[C@@H]2O[C@H](C)C[C@H]([NH+](C)C)[C@H]2O)[C@](C)(OC)C[C@H](C)C(=O)[C@H](C)[C@@H](O)[C@]1(C)O.CS(=O)(=O)[O-].O. The molecule has 0 saturated carbocycles. The second kappa shape index (κ2) is 21.6. The predicted molar refractivity (Wildman–Crippen MR) is 209 cm³/mol. The fraction of sp³-hybridized carbons (Fsp3) is 0.949. The first-order chi connectivity index (χ1) is 26.0. The second-order valence-corrected chi connectivity index (χ2v) is 18.9. The van der Waals surface area contributed by atoms with Gasteiger partial charge in [0.25, 0.3) is 0 Å². The number of hydrogen-bond donors (Lipinski definition) is 5. The van der Waals surface area contributed by atoms with Gasteiger partial charge in [0, 0.05) is 51.1 Å². The number of cyclic esters (lactones) is 1. The summed E-state index contributed by atoms with van der Waals surface area (Å²) in [6, 6.07) is -0.200. The van der Waals surface area contributed by atoms with Crippen molar-refractivity contribution < 1.29 is 86.5 Å². The Labute approximate surface area is 345 Å². The van der Waals surface area contributed by atoms with Gasteiger partial charge in [-0.3, -0.25) is 9.59 Å². The molecule has 344 valence electrons. The Hall–Kier alpha value is -1.43. The molecule has 3 heterocycles. The molecule has 3 aliphatic heterocycles. The number of ether oxygens (including phenoxy) is 7. The van der Waals surface area contributed by atoms with Gasteiger partial charge in [0.1, 0.15) is 29.6 Å². The lowest BCUT2D eigenvalue weighted by Gasteiger charge is -2.49. The molecular formula is C39H75NO17S. The summed E-state index contributed by atoms with van der Waals surface area (Å²) in [4.78, 5) is 29.2. The van der Waals surface area contributed by atoms with Crippen LogP contribution in [0, 0.1) is 23.7 Å². The van der Waals surface area contributed by atoms with Crippen molar-refractivity contribution in [2.75, 3.05) is 34.6 Å². The molecule has 0 aromatic carbocycles. The van der Waals surface area contributed by atoms with E-state index in [1.54, 1.807) is 48.5 Å². The molecule has 3 aliphatic rings. The van der Waals surface area contributed by atoms with Gasteiger partial charge in [0.05, 0.1) is 71.9 Å². The summed E-state index contributed by atoms with van der Waals surface area (Å²) in [7, 11) is 3.02. The average molecular weight is 862 g/mol. The number of methoxy groups -OCH3 is 2. The Morgan fingerprint density at radius 1 is 0.879 bits per heavy atom. The van der Waals surface area contributed by atoms with E-state index in [0.717, 1.165) is 4.90 Å². The standard InChI is InChI=1S/C38H69NO13.CH4O3S.H2O/c1-15-26-38(10,45)31(42)21(4)28(40)19(2)17-37(9,47-14)33(52-35-29(41)25(39(11)12)16-20(3)48-35)22(5)30(23(6)34(44)50-26)51-27-18-36(8,46-13)32(43)24(7)49-27;1-5(2,3)4;/h19-27,29-33,35,41-43,45H,15-18H2,1-14H3;1H3,(H,2,3,4);1H2/t19-,20+,21-,22-,23+,24-,25-,26+,27-,29+,30-,31+,32-,33+,35-,36+,37+,38+;;/m0../s1. The van der Waals surface area contributed by atoms with Crippen LogP contribution in [-0.2, 0) is 52.9 Å². The lowest BCUT2D eigenvalue weighted by atomic mass is 9.74. The van der Waals surface area contributed by atoms with E-state index in [2.05, 4.69) is 0 Å². The van der Waals surface area contributed by atoms with Gasteiger partial charge in [-0.05, 0) is 54.4 Å². The first-order valence-corrected chi connectivity index (χ1v) is 21.7. The minimum Gasteiger partial charge on any atom is -0.748 e. The predicted octanol–water partition coefficient (Wildman–Crippen LogP) is -0.641. The lowest BCUT2D eigenvalue weighted by molar-refractivity contribution is -0.893. The minimum atomic E-state index is -3.92. The molecule has 18 nitrogen and oxygen atoms in total. The molecule has 0 radical (unpaired) electrons. The average Bonchev–Trinajstić information content (AvgIpc) is 3.11. The van der Waals surface area contributed by atoms with Crippen molar-refractivity contribution in [2.45, 2.75) is 179 Å². The summed E-state index contributed by atoms with van der Waals surface area (Å²) in [5.41, 5.74) is -4.23. The highest BCUT2D eigenvalue weighted by molar-refractivity contribution is 7.84. The highest BCUT2D eigenvalue weighted by Gasteiger charge is 2.54. The Morgan fingerprint density at radius 2 is 1.41 bits per heavy atom. The van der Waals surface area contributed by atoms with E-state index < -0.39 is 112 Å². The molecule has 3 rings (SSSR count). The van der Waals surface area contributed by atoms with Gasteiger partial charge in [-0.25, -0.2) is 8.42 Å². The van der Waals surface area contributed by atoms with Gasteiger partial charge < -0.3 is 68.5 Å². The maximum Gasteiger partial charge on any atom is 0.311 e. The topological polar surface area (TPSA) is 273 Å². The van der Waals surface area contributed by atoms with Crippen LogP contribution in [0.4, 0.5) is 0 Å². The zero-order valence-electron chi connectivity index (χ0n) is 37.1. The summed E-state index contributed by atoms with van der Waals surface area (Å²) in [5, 5.41) is 45.6. The summed E-state index contributed by atoms with van der Waals surface area (Å²) in [5.74, 6) is -4.44. The molecule has 0 aromatic rings. The summed E-state index contributed by atoms with van der Waals surface area (Å²) in [6.07, 6.45) is -7.97. The van der Waals surface area contributed by atoms with E-state index in [1.165, 1.54) is 21.1 Å². The number of aliphatic hydroxyl groups is 4. The Balaban J connectivity index is 0.00000263. The van der Waals surface area contributed by atoms with Crippen LogP contribution < -0.4 is 4.90 Å². The smallest absolute Gasteiger partial charge is 0.311 e. The van der Waals surface area contributed by atoms with Gasteiger partial charge in [-0.15, -0.1) is 0 Å². The largest absolute Gasteiger partial charge is 0.748 e. The van der Waals surface area contributed by atoms with E-state index in [1.807, 2.05) is 27.9 Å². The molecule has 7 N–H and O–H groups in total. The maximum atomic E-state index is 14.2. The van der Waals surface area contributed by atoms with Crippen molar-refractivity contribution in [3.8, 4) is 0 Å². The van der Waals surface area contributed by atoms with Crippen LogP contribution in [0.2, 0.25) is 0 Å². The number of carbonyl (C=O) groups is 2. The first kappa shape index (κ1) is 54.6. The van der Waals surface area contributed by atoms with E-state index in [-0.39, 0.29) is 42.7 Å². The van der Waals surface area contributed by atoms with E-state index in [9.17, 15) is 30.0 Å². The monoisotopic (exact) mass is 861 g/mol. The maximum absolute atomic E-state index is 14.2. The number of Topliss-reactive ketones (excluding diaryl/α,β-unsaturated/α-hetero) is 1. The molecule has 58 heavy (non-hydrogen) atoms. The summed E-state index contributed by atoms with van der Waals surface area (Å²) >= 11 is 0. The number of esters is 1. The fourth-order valence-corrected chi connectivity index (χ4v) is 8.67. The number of quaternary nitrogens is 1. The highest BCUT2D eigenvalue weighted by atomic mass is 32.2. The molecule has 0 spiro atoms. The van der Waals surface area contributed by atoms with Crippen molar-refractivity contribution in [1.29, 1.82) is 0 Å². The molecule has 18 atom stereocenters. The van der Waals surface area contributed by atoms with Crippen molar-refractivity contribution in [2.24, 2.45) is 23.7 Å². The lowest BCUT2D eigenvalue weighted by Crippen LogP contribution is -3.12. The molecular weight excluding hydrogens is 786 g/mol. The van der Waals surface area contributed by atoms with Crippen LogP contribution in [0.5, 0.6) is 0 Å². The van der Waals surface area contributed by atoms with E-state index >= 15 is 0 Å². The molecule has 0 amide bonds. The molecule has 0 bridgehead atoms. The summed E-state index contributed by atoms with van der Waals surface area (Å²) < 4.78 is 71.1. The molecule has 0 aliphatic carbocycles. The third-order valence-corrected chi connectivity index (χ3v) is 12.4. The molecule has 0 aromatic heterocycles. The van der Waals surface area contributed by atoms with Crippen molar-refractivity contribution in [3.63, 3.8) is 0 Å². The van der Waals surface area contributed by atoms with Crippen LogP contribution in [0.25, 0.3) is 0 Å². The quantitative estimate of drug-likeness (QED) is 0.150. The number of likely N-dealkylation sites (N-methyl/N-ethyl adjacent to an activating group) is 1. The van der Waals surface area contributed by atoms with Gasteiger partial charge in [0.15, 0.2) is 18.7 Å². The van der Waals surface area contributed by atoms with Crippen LogP contribution >= 0.6 is 0 Å². The Morgan fingerprint density at radius 3 is 1.90 bits per heavy atom. The van der Waals surface area contributed by atoms with Gasteiger partial charge in [-0.1, -0.05) is 27.7 Å². The Kier molecular flexibility index (Phi) is 20.3. The van der Waals surface area contributed by atoms with Crippen molar-refractivity contribution in [3.05, 3.63) is 0 Å². The highest BCUT2D eigenvalue weighted by Crippen LogP contribution is 2.41. The number of aliphatic hydroxyl groups excluding tert-OH is 3. The van der Waals surface area contributed by atoms with Crippen LogP contribution in [0.15, 0.2) is 0 Å². The van der Waals surface area contributed by atoms with Gasteiger partial charge >= 0.3 is 5.97 Å². The number of hydrogen-bond acceptors (Lipinski definition) is 16. The van der Waals surface area contributed by atoms with Crippen molar-refractivity contribution in [1.82, 2.24) is 0 Å². The molecule has 0 unspecified atom stereocenters. The van der Waals surface area contributed by atoms with Gasteiger partial charge in [0.2, 0.25) is 0 Å². The Bertz CT molecular complexity index is 1410. The molecule has 3 saturated heterocycles. The number of carbonyl (C=O) groups excluding carboxylic acids is 2. The normalized spacial score (nSPS) is 44.9. The summed E-state index contributed by atoms with van der Waals surface area (Å²) in [6.45, 7) is 17.1. The fourth-order valence-electron chi connectivity index (χ4n) is 8.67. The van der Waals surface area contributed by atoms with Crippen LogP contribution in [-0.4, -0.2) is 169 Å².